The highest BCUT2D eigenvalue weighted by Crippen LogP contribution is 2.28. The first-order valence-corrected chi connectivity index (χ1v) is 12.1. The van der Waals surface area contributed by atoms with Gasteiger partial charge in [-0.25, -0.2) is 14.4 Å². The lowest BCUT2D eigenvalue weighted by molar-refractivity contribution is -0.385. The molecule has 0 aliphatic carbocycles. The van der Waals surface area contributed by atoms with E-state index in [0.717, 1.165) is 72.8 Å². The van der Waals surface area contributed by atoms with Crippen LogP contribution in [0.2, 0.25) is 0 Å². The first kappa shape index (κ1) is 30.2. The molecule has 0 radical (unpaired) electrons. The van der Waals surface area contributed by atoms with E-state index in [0.29, 0.717) is 0 Å². The van der Waals surface area contributed by atoms with Gasteiger partial charge in [0, 0.05) is 36.4 Å². The van der Waals surface area contributed by atoms with Crippen molar-refractivity contribution < 1.29 is 53.2 Å². The molecule has 0 saturated carbocycles. The zero-order chi connectivity index (χ0) is 31.3. The van der Waals surface area contributed by atoms with Crippen LogP contribution in [0.15, 0.2) is 72.8 Å². The second-order valence-corrected chi connectivity index (χ2v) is 8.82. The standard InChI is InChI=1S/C26H19N3O14/c30-23(14-1-7-17(8-2-14)27(34)35)40-13-20-21(42-24(31)15-3-9-18(10-4-15)28(36)37)22(26(33)41-20)43-25(32)16-5-11-19(12-6-16)29(38)39/h1-12,20-22,26,33H,13H2/t20-,21-,22-,26?/m1/s1. The molecule has 222 valence electrons. The summed E-state index contributed by atoms with van der Waals surface area (Å²) in [6.45, 7) is -0.642. The number of carbonyl (C=O) groups is 3. The summed E-state index contributed by atoms with van der Waals surface area (Å²) in [6, 6.07) is 13.0. The highest BCUT2D eigenvalue weighted by atomic mass is 16.7. The van der Waals surface area contributed by atoms with Gasteiger partial charge in [0.05, 0.1) is 31.5 Å². The molecule has 4 rings (SSSR count). The van der Waals surface area contributed by atoms with Crippen LogP contribution in [-0.4, -0.2) is 69.0 Å². The fraction of sp³-hybridized carbons (Fsp3) is 0.192. The van der Waals surface area contributed by atoms with Crippen molar-refractivity contribution in [2.75, 3.05) is 6.61 Å². The van der Waals surface area contributed by atoms with Gasteiger partial charge in [-0.05, 0) is 36.4 Å². The molecule has 0 amide bonds. The molecule has 1 heterocycles. The number of hydrogen-bond acceptors (Lipinski definition) is 14. The van der Waals surface area contributed by atoms with E-state index < -0.39 is 63.9 Å². The number of benzene rings is 3. The Morgan fingerprint density at radius 3 is 1.35 bits per heavy atom. The third-order valence-electron chi connectivity index (χ3n) is 6.09. The quantitative estimate of drug-likeness (QED) is 0.153. The highest BCUT2D eigenvalue weighted by molar-refractivity contribution is 5.91. The lowest BCUT2D eigenvalue weighted by Gasteiger charge is -2.23. The monoisotopic (exact) mass is 597 g/mol. The van der Waals surface area contributed by atoms with Crippen molar-refractivity contribution in [2.24, 2.45) is 0 Å². The van der Waals surface area contributed by atoms with E-state index in [4.69, 9.17) is 18.9 Å². The molecule has 1 aliphatic heterocycles. The molecular weight excluding hydrogens is 578 g/mol. The molecule has 43 heavy (non-hydrogen) atoms. The molecule has 3 aromatic rings. The minimum atomic E-state index is -1.89. The maximum Gasteiger partial charge on any atom is 0.338 e. The Morgan fingerprint density at radius 2 is 0.977 bits per heavy atom. The fourth-order valence-electron chi connectivity index (χ4n) is 3.89. The van der Waals surface area contributed by atoms with Crippen molar-refractivity contribution in [2.45, 2.75) is 24.6 Å². The number of aliphatic hydroxyl groups is 1. The van der Waals surface area contributed by atoms with Crippen LogP contribution in [0, 0.1) is 30.3 Å². The van der Waals surface area contributed by atoms with E-state index in [1.54, 1.807) is 0 Å². The summed E-state index contributed by atoms with van der Waals surface area (Å²) in [5, 5.41) is 43.2. The average molecular weight is 597 g/mol. The van der Waals surface area contributed by atoms with Crippen molar-refractivity contribution in [3.63, 3.8) is 0 Å². The number of esters is 3. The minimum absolute atomic E-state index is 0.0651. The molecule has 4 atom stereocenters. The van der Waals surface area contributed by atoms with Crippen LogP contribution in [0.5, 0.6) is 0 Å². The van der Waals surface area contributed by atoms with E-state index in [2.05, 4.69) is 0 Å². The summed E-state index contributed by atoms with van der Waals surface area (Å²) in [5.74, 6) is -3.07. The molecule has 1 unspecified atom stereocenters. The van der Waals surface area contributed by atoms with Crippen molar-refractivity contribution in [1.82, 2.24) is 0 Å². The van der Waals surface area contributed by atoms with Gasteiger partial charge in [0.25, 0.3) is 17.1 Å². The molecular formula is C26H19N3O14. The number of nitro groups is 3. The summed E-state index contributed by atoms with van der Waals surface area (Å²) in [6.07, 6.45) is -6.54. The van der Waals surface area contributed by atoms with Crippen LogP contribution in [0.4, 0.5) is 17.1 Å². The summed E-state index contributed by atoms with van der Waals surface area (Å²) in [5.41, 5.74) is -1.23. The second kappa shape index (κ2) is 12.8. The highest BCUT2D eigenvalue weighted by Gasteiger charge is 2.50. The van der Waals surface area contributed by atoms with Crippen molar-refractivity contribution in [1.29, 1.82) is 0 Å². The largest absolute Gasteiger partial charge is 0.459 e. The number of nitro benzene ring substituents is 3. The van der Waals surface area contributed by atoms with Gasteiger partial charge in [-0.2, -0.15) is 0 Å². The Hall–Kier alpha value is -5.81. The minimum Gasteiger partial charge on any atom is -0.459 e. The molecule has 0 bridgehead atoms. The van der Waals surface area contributed by atoms with Crippen molar-refractivity contribution in [3.8, 4) is 0 Å². The normalized spacial score (nSPS) is 19.2. The fourth-order valence-corrected chi connectivity index (χ4v) is 3.89. The summed E-state index contributed by atoms with van der Waals surface area (Å²) in [4.78, 5) is 68.8. The topological polar surface area (TPSA) is 238 Å². The van der Waals surface area contributed by atoms with Crippen LogP contribution in [0.3, 0.4) is 0 Å². The number of nitrogens with zero attached hydrogens (tertiary/aromatic N) is 3. The Morgan fingerprint density at radius 1 is 0.628 bits per heavy atom. The first-order chi connectivity index (χ1) is 20.4. The van der Waals surface area contributed by atoms with Gasteiger partial charge in [-0.3, -0.25) is 30.3 Å². The Kier molecular flexibility index (Phi) is 8.97. The SMILES string of the molecule is O=C(OC[C@H]1OC(O)[C@H](OC(=O)c2ccc([N+](=O)[O-])cc2)[C@@H]1OC(=O)c1ccc([N+](=O)[O-])cc1)c1ccc([N+](=O)[O-])cc1. The van der Waals surface area contributed by atoms with Gasteiger partial charge < -0.3 is 24.1 Å². The van der Waals surface area contributed by atoms with Crippen LogP contribution in [-0.2, 0) is 18.9 Å². The third kappa shape index (κ3) is 7.10. The van der Waals surface area contributed by atoms with Crippen molar-refractivity contribution >= 4 is 35.0 Å². The van der Waals surface area contributed by atoms with Crippen LogP contribution < -0.4 is 0 Å². The van der Waals surface area contributed by atoms with E-state index in [1.165, 1.54) is 0 Å². The Balaban J connectivity index is 1.53. The Bertz CT molecular complexity index is 1560. The molecule has 17 nitrogen and oxygen atoms in total. The first-order valence-electron chi connectivity index (χ1n) is 12.1. The van der Waals surface area contributed by atoms with E-state index in [9.17, 15) is 49.8 Å². The number of aliphatic hydroxyl groups excluding tert-OH is 1. The maximum atomic E-state index is 12.9. The van der Waals surface area contributed by atoms with Crippen molar-refractivity contribution in [3.05, 3.63) is 120 Å². The smallest absolute Gasteiger partial charge is 0.338 e. The summed E-state index contributed by atoms with van der Waals surface area (Å²) >= 11 is 0. The molecule has 0 aromatic heterocycles. The number of carbonyl (C=O) groups excluding carboxylic acids is 3. The van der Waals surface area contributed by atoms with Gasteiger partial charge in [-0.1, -0.05) is 0 Å². The molecule has 17 heteroatoms. The van der Waals surface area contributed by atoms with Gasteiger partial charge >= 0.3 is 17.9 Å². The Labute approximate surface area is 239 Å². The van der Waals surface area contributed by atoms with Gasteiger partial charge in [0.2, 0.25) is 0 Å². The van der Waals surface area contributed by atoms with E-state index in [1.807, 2.05) is 0 Å². The molecule has 1 aliphatic rings. The van der Waals surface area contributed by atoms with E-state index >= 15 is 0 Å². The zero-order valence-electron chi connectivity index (χ0n) is 21.5. The van der Waals surface area contributed by atoms with Gasteiger partial charge in [0.1, 0.15) is 12.7 Å². The number of hydrogen-bond donors (Lipinski definition) is 1. The number of ether oxygens (including phenoxy) is 4. The van der Waals surface area contributed by atoms with E-state index in [-0.39, 0.29) is 33.8 Å². The van der Waals surface area contributed by atoms with Crippen LogP contribution in [0.1, 0.15) is 31.1 Å². The maximum absolute atomic E-state index is 12.9. The summed E-state index contributed by atoms with van der Waals surface area (Å²) in [7, 11) is 0. The molecule has 3 aromatic carbocycles. The van der Waals surface area contributed by atoms with Crippen LogP contribution >= 0.6 is 0 Å². The van der Waals surface area contributed by atoms with Crippen LogP contribution in [0.25, 0.3) is 0 Å². The van der Waals surface area contributed by atoms with Gasteiger partial charge in [-0.15, -0.1) is 0 Å². The molecule has 1 saturated heterocycles. The third-order valence-corrected chi connectivity index (χ3v) is 6.09. The molecule has 1 fully saturated rings. The summed E-state index contributed by atoms with van der Waals surface area (Å²) < 4.78 is 21.3. The molecule has 0 spiro atoms. The number of non-ortho nitro benzene ring substituents is 3. The predicted octanol–water partition coefficient (Wildman–Crippen LogP) is 2.74. The van der Waals surface area contributed by atoms with Gasteiger partial charge in [0.15, 0.2) is 18.5 Å². The molecule has 1 N–H and O–H groups in total. The lowest BCUT2D eigenvalue weighted by atomic mass is 10.1. The predicted molar refractivity (Wildman–Crippen MR) is 139 cm³/mol. The zero-order valence-corrected chi connectivity index (χ0v) is 21.5. The number of rotatable bonds is 10. The second-order valence-electron chi connectivity index (χ2n) is 8.82. The average Bonchev–Trinajstić information content (AvgIpc) is 3.28. The lowest BCUT2D eigenvalue weighted by Crippen LogP contribution is -2.42.